The van der Waals surface area contributed by atoms with Crippen molar-refractivity contribution in [2.24, 2.45) is 15.9 Å². The molecular formula is C10H14N4O2. The monoisotopic (exact) mass is 222 g/mol. The number of aliphatic imine (C=N–C) groups is 2. The predicted octanol–water partition coefficient (Wildman–Crippen LogP) is -0.544. The third-order valence-corrected chi connectivity index (χ3v) is 2.56. The molecule has 0 saturated heterocycles. The van der Waals surface area contributed by atoms with Crippen molar-refractivity contribution in [3.63, 3.8) is 0 Å². The maximum absolute atomic E-state index is 11.7. The molecule has 86 valence electrons. The number of nitrogens with zero attached hydrogens (tertiary/aromatic N) is 2. The fourth-order valence-corrected chi connectivity index (χ4v) is 1.75. The second-order valence-corrected chi connectivity index (χ2v) is 4.30. The Balaban J connectivity index is 2.39. The van der Waals surface area contributed by atoms with E-state index in [4.69, 9.17) is 0 Å². The van der Waals surface area contributed by atoms with Gasteiger partial charge in [-0.1, -0.05) is 13.8 Å². The van der Waals surface area contributed by atoms with Gasteiger partial charge in [0.05, 0.1) is 0 Å². The lowest BCUT2D eigenvalue weighted by atomic mass is 10.0. The summed E-state index contributed by atoms with van der Waals surface area (Å²) in [6, 6.07) is -1.18. The number of amidine groups is 2. The minimum absolute atomic E-state index is 0.0916. The molecule has 6 heteroatoms. The number of nitrogens with one attached hydrogen (secondary N) is 2. The Bertz CT molecular complexity index is 411. The Kier molecular flexibility index (Phi) is 2.49. The number of carbonyl (C=O) groups excluding carboxylic acids is 2. The SMILES string of the molecule is CC1=NC2=NC(C(C)C)C(=O)NC2C(=O)N1. The average Bonchev–Trinajstić information content (AvgIpc) is 2.18. The number of hydrogen-bond acceptors (Lipinski definition) is 4. The Morgan fingerprint density at radius 2 is 1.94 bits per heavy atom. The normalized spacial score (nSPS) is 29.0. The molecule has 0 aromatic heterocycles. The van der Waals surface area contributed by atoms with Gasteiger partial charge < -0.3 is 10.6 Å². The summed E-state index contributed by atoms with van der Waals surface area (Å²) in [5.41, 5.74) is 0. The summed E-state index contributed by atoms with van der Waals surface area (Å²) in [6.45, 7) is 5.51. The standard InChI is InChI=1S/C10H14N4O2/c1-4(2)6-9(15)14-7-8(13-6)11-5(3)12-10(7)16/h4,6-7H,1-3H3,(H,14,15)(H,11,12,13,16). The van der Waals surface area contributed by atoms with Crippen LogP contribution >= 0.6 is 0 Å². The van der Waals surface area contributed by atoms with Gasteiger partial charge in [-0.05, 0) is 12.8 Å². The lowest BCUT2D eigenvalue weighted by molar-refractivity contribution is -0.128. The van der Waals surface area contributed by atoms with Gasteiger partial charge in [0.1, 0.15) is 11.9 Å². The van der Waals surface area contributed by atoms with Crippen molar-refractivity contribution in [3.05, 3.63) is 0 Å². The van der Waals surface area contributed by atoms with Crippen LogP contribution in [0.1, 0.15) is 20.8 Å². The van der Waals surface area contributed by atoms with Gasteiger partial charge in [0.25, 0.3) is 5.91 Å². The Labute approximate surface area is 93.2 Å². The maximum atomic E-state index is 11.7. The number of rotatable bonds is 1. The van der Waals surface area contributed by atoms with Crippen molar-refractivity contribution < 1.29 is 9.59 Å². The predicted molar refractivity (Wildman–Crippen MR) is 59.2 cm³/mol. The molecule has 2 atom stereocenters. The lowest BCUT2D eigenvalue weighted by Gasteiger charge is -2.30. The fraction of sp³-hybridized carbons (Fsp3) is 0.600. The molecule has 2 heterocycles. The van der Waals surface area contributed by atoms with Crippen LogP contribution < -0.4 is 10.6 Å². The molecular weight excluding hydrogens is 208 g/mol. The van der Waals surface area contributed by atoms with E-state index in [0.29, 0.717) is 11.7 Å². The first-order valence-corrected chi connectivity index (χ1v) is 5.23. The van der Waals surface area contributed by atoms with Crippen molar-refractivity contribution in [1.29, 1.82) is 0 Å². The molecule has 2 amide bonds. The molecule has 0 fully saturated rings. The first-order chi connectivity index (χ1) is 7.49. The van der Waals surface area contributed by atoms with Crippen LogP contribution in [0.3, 0.4) is 0 Å². The van der Waals surface area contributed by atoms with Gasteiger partial charge in [0.15, 0.2) is 11.9 Å². The molecule has 2 aliphatic heterocycles. The van der Waals surface area contributed by atoms with E-state index in [1.165, 1.54) is 0 Å². The van der Waals surface area contributed by atoms with Crippen LogP contribution in [0.5, 0.6) is 0 Å². The smallest absolute Gasteiger partial charge is 0.255 e. The first-order valence-electron chi connectivity index (χ1n) is 5.23. The molecule has 0 aromatic rings. The highest BCUT2D eigenvalue weighted by atomic mass is 16.2. The summed E-state index contributed by atoms with van der Waals surface area (Å²) >= 11 is 0. The Morgan fingerprint density at radius 3 is 2.56 bits per heavy atom. The van der Waals surface area contributed by atoms with E-state index in [-0.39, 0.29) is 17.7 Å². The highest BCUT2D eigenvalue weighted by Crippen LogP contribution is 2.14. The molecule has 16 heavy (non-hydrogen) atoms. The molecule has 6 nitrogen and oxygen atoms in total. The summed E-state index contributed by atoms with van der Waals surface area (Å²) in [4.78, 5) is 31.6. The Hall–Kier alpha value is -1.72. The zero-order valence-corrected chi connectivity index (χ0v) is 9.44. The van der Waals surface area contributed by atoms with E-state index in [2.05, 4.69) is 20.6 Å². The number of amides is 2. The zero-order chi connectivity index (χ0) is 11.9. The third-order valence-electron chi connectivity index (χ3n) is 2.56. The average molecular weight is 222 g/mol. The van der Waals surface area contributed by atoms with Gasteiger partial charge in [0, 0.05) is 0 Å². The van der Waals surface area contributed by atoms with Gasteiger partial charge in [-0.2, -0.15) is 0 Å². The van der Waals surface area contributed by atoms with Crippen LogP contribution in [-0.2, 0) is 9.59 Å². The van der Waals surface area contributed by atoms with E-state index in [1.807, 2.05) is 13.8 Å². The van der Waals surface area contributed by atoms with Crippen molar-refractivity contribution in [3.8, 4) is 0 Å². The van der Waals surface area contributed by atoms with Gasteiger partial charge in [-0.25, -0.2) is 4.99 Å². The van der Waals surface area contributed by atoms with Crippen molar-refractivity contribution in [1.82, 2.24) is 10.6 Å². The second kappa shape index (κ2) is 3.70. The summed E-state index contributed by atoms with van der Waals surface area (Å²) in [7, 11) is 0. The second-order valence-electron chi connectivity index (χ2n) is 4.30. The van der Waals surface area contributed by atoms with Crippen LogP contribution in [0.4, 0.5) is 0 Å². The largest absolute Gasteiger partial charge is 0.336 e. The van der Waals surface area contributed by atoms with Crippen LogP contribution in [0.25, 0.3) is 0 Å². The van der Waals surface area contributed by atoms with Crippen LogP contribution in [0, 0.1) is 5.92 Å². The summed E-state index contributed by atoms with van der Waals surface area (Å²) in [5, 5.41) is 5.19. The molecule has 0 bridgehead atoms. The molecule has 2 aliphatic rings. The highest BCUT2D eigenvalue weighted by molar-refractivity contribution is 6.22. The van der Waals surface area contributed by atoms with E-state index in [9.17, 15) is 9.59 Å². The lowest BCUT2D eigenvalue weighted by Crippen LogP contribution is -2.60. The quantitative estimate of drug-likeness (QED) is 0.624. The maximum Gasteiger partial charge on any atom is 0.255 e. The topological polar surface area (TPSA) is 82.9 Å². The molecule has 2 rings (SSSR count). The van der Waals surface area contributed by atoms with Crippen LogP contribution in [0.2, 0.25) is 0 Å². The Morgan fingerprint density at radius 1 is 1.25 bits per heavy atom. The van der Waals surface area contributed by atoms with Crippen molar-refractivity contribution in [2.45, 2.75) is 32.9 Å². The minimum atomic E-state index is -0.730. The number of fused-ring (bicyclic) bond motifs is 1. The molecule has 2 N–H and O–H groups in total. The van der Waals surface area contributed by atoms with Gasteiger partial charge >= 0.3 is 0 Å². The first kappa shape index (κ1) is 10.8. The van der Waals surface area contributed by atoms with Crippen molar-refractivity contribution in [2.75, 3.05) is 0 Å². The molecule has 0 saturated carbocycles. The van der Waals surface area contributed by atoms with Gasteiger partial charge in [-0.3, -0.25) is 14.6 Å². The third kappa shape index (κ3) is 1.70. The minimum Gasteiger partial charge on any atom is -0.336 e. The molecule has 2 unspecified atom stereocenters. The van der Waals surface area contributed by atoms with Crippen LogP contribution in [-0.4, -0.2) is 35.6 Å². The van der Waals surface area contributed by atoms with Crippen molar-refractivity contribution >= 4 is 23.5 Å². The summed E-state index contributed by atoms with van der Waals surface area (Å²) in [6.07, 6.45) is 0. The van der Waals surface area contributed by atoms with Crippen LogP contribution in [0.15, 0.2) is 9.98 Å². The van der Waals surface area contributed by atoms with E-state index in [1.54, 1.807) is 6.92 Å². The zero-order valence-electron chi connectivity index (χ0n) is 9.44. The number of hydrogen-bond donors (Lipinski definition) is 2. The summed E-state index contributed by atoms with van der Waals surface area (Å²) in [5.74, 6) is 0.516. The molecule has 0 aliphatic carbocycles. The number of carbonyl (C=O) groups is 2. The van der Waals surface area contributed by atoms with E-state index in [0.717, 1.165) is 0 Å². The summed E-state index contributed by atoms with van der Waals surface area (Å²) < 4.78 is 0. The molecule has 0 spiro atoms. The molecule has 0 radical (unpaired) electrons. The van der Waals surface area contributed by atoms with Gasteiger partial charge in [0.2, 0.25) is 5.91 Å². The van der Waals surface area contributed by atoms with E-state index < -0.39 is 12.1 Å². The van der Waals surface area contributed by atoms with E-state index >= 15 is 0 Å². The molecule has 0 aromatic carbocycles. The highest BCUT2D eigenvalue weighted by Gasteiger charge is 2.38. The van der Waals surface area contributed by atoms with Gasteiger partial charge in [-0.15, -0.1) is 0 Å². The fourth-order valence-electron chi connectivity index (χ4n) is 1.75.